The van der Waals surface area contributed by atoms with Crippen molar-refractivity contribution in [3.8, 4) is 11.5 Å². The fraction of sp³-hybridized carbons (Fsp3) is 0.476. The van der Waals surface area contributed by atoms with Crippen molar-refractivity contribution in [1.82, 2.24) is 9.13 Å². The summed E-state index contributed by atoms with van der Waals surface area (Å²) in [6.45, 7) is 21.7. The number of unbranched alkanes of at least 4 members (excludes halogenated alkanes) is 14. The molecule has 12 rings (SSSR count). The van der Waals surface area contributed by atoms with Crippen molar-refractivity contribution in [3.05, 3.63) is 159 Å². The number of aryl methyl sites for hydroxylation is 2. The van der Waals surface area contributed by atoms with Crippen LogP contribution in [0.5, 0.6) is 11.5 Å². The molecule has 0 bridgehead atoms. The number of rotatable bonds is 26. The van der Waals surface area contributed by atoms with E-state index in [4.69, 9.17) is 9.47 Å². The van der Waals surface area contributed by atoms with Crippen molar-refractivity contribution in [1.29, 1.82) is 0 Å². The lowest BCUT2D eigenvalue weighted by Crippen LogP contribution is -2.65. The van der Waals surface area contributed by atoms with E-state index in [0.29, 0.717) is 0 Å². The molecule has 8 nitrogen and oxygen atoms in total. The maximum Gasteiger partial charge on any atom is 0.120 e. The highest BCUT2D eigenvalue weighted by Gasteiger charge is 2.37. The summed E-state index contributed by atoms with van der Waals surface area (Å²) in [4.78, 5) is 6.04. The van der Waals surface area contributed by atoms with Crippen LogP contribution in [0.25, 0.3) is 66.6 Å². The van der Waals surface area contributed by atoms with Gasteiger partial charge in [-0.15, -0.1) is 36.2 Å². The van der Waals surface area contributed by atoms with Crippen LogP contribution in [0, 0.1) is 34.5 Å². The SMILES string of the molecule is CCCCCCCCCCn1/c(=C\C2C([O-])C(/C=C3\C=C(C(C)(C)C)Sc4ccc(OC)cc43)C2[O-])c2cccc3cccc1c32.CCCCCCCCCCn1/c(=C\C2C([O-])C(/C=C3\C=C(C(C)(C)C)Sc4ccc(SCC)cc43)C2[O-])c2cc(OC)cc3cccc1c32. The number of methoxy groups -OCH3 is 2. The van der Waals surface area contributed by atoms with Gasteiger partial charge in [0, 0.05) is 71.1 Å². The zero-order chi connectivity index (χ0) is 67.1. The van der Waals surface area contributed by atoms with Gasteiger partial charge < -0.3 is 39.0 Å². The molecular formula is C84H102N2O6S3-4. The summed E-state index contributed by atoms with van der Waals surface area (Å²) in [5.74, 6) is 0.287. The standard InChI is InChI=1S/C43H53NO3S2.C41H49NO3S/c1-7-9-10-11-12-13-14-15-21-44-36-18-16-17-28-22-30(47-6)25-33(40(28)36)37(44)27-35-41(45)34(42(35)46)23-29-24-39(43(3,4)5)49-38-20-19-31(48-8-2)26-32(29)38;1-6-7-8-9-10-11-12-13-22-42-34-19-15-17-27-16-14-18-30(38(27)34)35(42)26-33-39(43)32(40(33)44)23-28-24-37(41(2,3)4)46-36-21-20-29(45-5)25-31(28)36/h16-20,22-27,34-35,41-42H,7-15,21H2,1-6H3;14-21,23-26,32-33,39-40H,6-13,22H2,1-5H3/q2*-2/b29-23+,37-27-;28-23+,35-26-. The number of benzene rings is 6. The second-order valence-electron chi connectivity index (χ2n) is 29.2. The molecule has 2 fully saturated rings. The molecule has 0 N–H and O–H groups in total. The van der Waals surface area contributed by atoms with Gasteiger partial charge in [-0.1, -0.05) is 242 Å². The molecule has 95 heavy (non-hydrogen) atoms. The molecule has 0 radical (unpaired) electrons. The quantitative estimate of drug-likeness (QED) is 0.0385. The fourth-order valence-electron chi connectivity index (χ4n) is 14.7. The van der Waals surface area contributed by atoms with Gasteiger partial charge in [0.25, 0.3) is 0 Å². The van der Waals surface area contributed by atoms with E-state index in [2.05, 4.69) is 175 Å². The average molecular weight is 1330 g/mol. The summed E-state index contributed by atoms with van der Waals surface area (Å²) in [6, 6.07) is 36.2. The molecule has 2 aromatic heterocycles. The molecular weight excluding hydrogens is 1230 g/mol. The molecule has 4 unspecified atom stereocenters. The Morgan fingerprint density at radius 1 is 0.453 bits per heavy atom. The summed E-state index contributed by atoms with van der Waals surface area (Å²) in [7, 11) is 3.37. The van der Waals surface area contributed by atoms with Gasteiger partial charge in [-0.3, -0.25) is 0 Å². The van der Waals surface area contributed by atoms with Gasteiger partial charge in [0.15, 0.2) is 0 Å². The highest BCUT2D eigenvalue weighted by atomic mass is 32.2. The summed E-state index contributed by atoms with van der Waals surface area (Å²) < 4.78 is 16.0. The Morgan fingerprint density at radius 2 is 0.884 bits per heavy atom. The normalized spacial score (nSPS) is 22.5. The Morgan fingerprint density at radius 3 is 1.37 bits per heavy atom. The van der Waals surface area contributed by atoms with E-state index in [1.54, 1.807) is 26.0 Å². The van der Waals surface area contributed by atoms with Crippen LogP contribution in [-0.4, -0.2) is 53.5 Å². The van der Waals surface area contributed by atoms with Crippen LogP contribution < -0.4 is 40.6 Å². The van der Waals surface area contributed by atoms with Crippen molar-refractivity contribution in [3.63, 3.8) is 0 Å². The molecule has 6 aromatic carbocycles. The number of hydrogen-bond donors (Lipinski definition) is 0. The minimum Gasteiger partial charge on any atom is -0.851 e. The first-order chi connectivity index (χ1) is 45.8. The summed E-state index contributed by atoms with van der Waals surface area (Å²) in [6.07, 6.45) is 28.7. The van der Waals surface area contributed by atoms with Crippen molar-refractivity contribution < 1.29 is 29.9 Å². The molecule has 4 aliphatic rings. The van der Waals surface area contributed by atoms with Gasteiger partial charge in [-0.05, 0) is 169 Å². The number of fused-ring (bicyclic) bond motifs is 2. The first-order valence-corrected chi connectivity index (χ1v) is 38.4. The van der Waals surface area contributed by atoms with E-state index in [-0.39, 0.29) is 10.8 Å². The monoisotopic (exact) mass is 1330 g/mol. The first kappa shape index (κ1) is 70.7. The average Bonchev–Trinajstić information content (AvgIpc) is 1.65. The smallest absolute Gasteiger partial charge is 0.120 e. The first-order valence-electron chi connectivity index (χ1n) is 35.8. The lowest BCUT2D eigenvalue weighted by Gasteiger charge is -2.59. The predicted molar refractivity (Wildman–Crippen MR) is 398 cm³/mol. The third kappa shape index (κ3) is 15.6. The third-order valence-corrected chi connectivity index (χ3v) is 24.2. The van der Waals surface area contributed by atoms with E-state index < -0.39 is 48.1 Å². The summed E-state index contributed by atoms with van der Waals surface area (Å²) in [5, 5.41) is 65.0. The summed E-state index contributed by atoms with van der Waals surface area (Å²) in [5.41, 5.74) is 6.46. The van der Waals surface area contributed by atoms with Gasteiger partial charge >= 0.3 is 0 Å². The number of thioether (sulfide) groups is 3. The third-order valence-electron chi connectivity index (χ3n) is 20.3. The molecule has 0 spiro atoms. The molecule has 4 heterocycles. The second kappa shape index (κ2) is 31.5. The fourth-order valence-corrected chi connectivity index (χ4v) is 17.7. The molecule has 2 aliphatic carbocycles. The van der Waals surface area contributed by atoms with Crippen LogP contribution in [0.2, 0.25) is 0 Å². The van der Waals surface area contributed by atoms with Crippen LogP contribution in [0.3, 0.4) is 0 Å². The highest BCUT2D eigenvalue weighted by molar-refractivity contribution is 8.03. The van der Waals surface area contributed by atoms with Crippen molar-refractivity contribution in [2.24, 2.45) is 34.5 Å². The van der Waals surface area contributed by atoms with Gasteiger partial charge in [-0.2, -0.15) is 0 Å². The molecule has 0 saturated heterocycles. The van der Waals surface area contributed by atoms with Crippen LogP contribution >= 0.6 is 35.3 Å². The molecule has 4 atom stereocenters. The van der Waals surface area contributed by atoms with Gasteiger partial charge in [0.05, 0.1) is 14.2 Å². The van der Waals surface area contributed by atoms with E-state index in [9.17, 15) is 20.4 Å². The number of nitrogens with zero attached hydrogens (tertiary/aromatic N) is 2. The number of hydrogen-bond acceptors (Lipinski definition) is 9. The Balaban J connectivity index is 0.000000194. The zero-order valence-corrected chi connectivity index (χ0v) is 60.9. The maximum absolute atomic E-state index is 14.1. The lowest BCUT2D eigenvalue weighted by molar-refractivity contribution is -0.548. The lowest BCUT2D eigenvalue weighted by atomic mass is 9.67. The Bertz CT molecular complexity index is 4180. The van der Waals surface area contributed by atoms with Gasteiger partial charge in [0.2, 0.25) is 0 Å². The van der Waals surface area contributed by atoms with Crippen LogP contribution in [-0.2, 0) is 13.1 Å². The van der Waals surface area contributed by atoms with Crippen LogP contribution in [0.1, 0.15) is 176 Å². The van der Waals surface area contributed by atoms with Gasteiger partial charge in [-0.25, -0.2) is 0 Å². The molecule has 11 heteroatoms. The van der Waals surface area contributed by atoms with Crippen LogP contribution in [0.4, 0.5) is 0 Å². The molecule has 0 amide bonds. The largest absolute Gasteiger partial charge is 0.851 e. The highest BCUT2D eigenvalue weighted by Crippen LogP contribution is 2.51. The maximum atomic E-state index is 14.1. The minimum absolute atomic E-state index is 0.0311. The molecule has 2 aliphatic heterocycles. The topological polar surface area (TPSA) is 121 Å². The number of aromatic nitrogens is 2. The van der Waals surface area contributed by atoms with Crippen molar-refractivity contribution in [2.45, 2.75) is 217 Å². The van der Waals surface area contributed by atoms with Gasteiger partial charge in [0.1, 0.15) is 11.5 Å². The van der Waals surface area contributed by atoms with E-state index in [0.717, 1.165) is 97.2 Å². The summed E-state index contributed by atoms with van der Waals surface area (Å²) >= 11 is 5.39. The Hall–Kier alpha value is -5.63. The number of ether oxygens (including phenoxy) is 2. The second-order valence-corrected chi connectivity index (χ2v) is 32.7. The predicted octanol–water partition coefficient (Wildman–Crippen LogP) is 17.6. The van der Waals surface area contributed by atoms with E-state index >= 15 is 0 Å². The Labute approximate surface area is 579 Å². The van der Waals surface area contributed by atoms with Crippen molar-refractivity contribution >= 4 is 102 Å². The Kier molecular flexibility index (Phi) is 23.4. The molecule has 8 aromatic rings. The minimum atomic E-state index is -0.991. The van der Waals surface area contributed by atoms with E-state index in [1.807, 2.05) is 60.0 Å². The zero-order valence-electron chi connectivity index (χ0n) is 58.4. The molecule has 2 saturated carbocycles. The number of allylic oxidation sites excluding steroid dienone is 6. The molecule has 506 valence electrons. The van der Waals surface area contributed by atoms with Crippen LogP contribution in [0.15, 0.2) is 152 Å². The van der Waals surface area contributed by atoms with E-state index in [1.165, 1.54) is 137 Å². The van der Waals surface area contributed by atoms with Crippen molar-refractivity contribution in [2.75, 3.05) is 20.0 Å².